The monoisotopic (exact) mass is 519 g/mol. The Morgan fingerprint density at radius 2 is 1.87 bits per heavy atom. The minimum Gasteiger partial charge on any atom is -0.507 e. The predicted molar refractivity (Wildman–Crippen MR) is 149 cm³/mol. The van der Waals surface area contributed by atoms with Crippen LogP contribution in [0.3, 0.4) is 0 Å². The van der Waals surface area contributed by atoms with Crippen LogP contribution in [0.15, 0.2) is 41.0 Å². The number of amides is 2. The molecule has 2 heterocycles. The Bertz CT molecular complexity index is 1120. The maximum Gasteiger partial charge on any atom is 0.455 e. The second-order valence-electron chi connectivity index (χ2n) is 12.0. The smallest absolute Gasteiger partial charge is 0.455 e. The number of hydrogen-bond acceptors (Lipinski definition) is 5. The summed E-state index contributed by atoms with van der Waals surface area (Å²) in [6.07, 6.45) is 10.2. The van der Waals surface area contributed by atoms with Crippen molar-refractivity contribution in [3.8, 4) is 5.75 Å². The number of fused-ring (bicyclic) bond motifs is 3. The molecule has 0 aromatic heterocycles. The molecule has 2 N–H and O–H groups in total. The largest absolute Gasteiger partial charge is 0.507 e. The van der Waals surface area contributed by atoms with Crippen LogP contribution in [-0.4, -0.2) is 46.1 Å². The van der Waals surface area contributed by atoms with Gasteiger partial charge in [0.1, 0.15) is 5.75 Å². The number of allylic oxidation sites excluding steroid dienone is 2. The summed E-state index contributed by atoms with van der Waals surface area (Å²) in [6, 6.07) is 7.37. The first kappa shape index (κ1) is 27.2. The van der Waals surface area contributed by atoms with Gasteiger partial charge in [-0.05, 0) is 68.3 Å². The van der Waals surface area contributed by atoms with Crippen molar-refractivity contribution in [2.75, 3.05) is 0 Å². The lowest BCUT2D eigenvalue weighted by molar-refractivity contribution is -0.143. The fourth-order valence-electron chi connectivity index (χ4n) is 7.47. The summed E-state index contributed by atoms with van der Waals surface area (Å²) in [4.78, 5) is 29.2. The molecule has 4 aliphatic rings. The van der Waals surface area contributed by atoms with Gasteiger partial charge in [-0.25, -0.2) is 0 Å². The summed E-state index contributed by atoms with van der Waals surface area (Å²) in [7, 11) is -0.945. The van der Waals surface area contributed by atoms with E-state index in [4.69, 9.17) is 4.65 Å². The van der Waals surface area contributed by atoms with E-state index in [1.54, 1.807) is 11.0 Å². The molecule has 0 unspecified atom stereocenters. The van der Waals surface area contributed by atoms with Gasteiger partial charge in [0.2, 0.25) is 11.8 Å². The lowest BCUT2D eigenvalue weighted by atomic mass is 9.57. The van der Waals surface area contributed by atoms with Crippen LogP contribution in [-0.2, 0) is 14.2 Å². The first-order valence-electron chi connectivity index (χ1n) is 14.7. The molecule has 1 aromatic rings. The maximum atomic E-state index is 13.9. The fraction of sp³-hybridized carbons (Fsp3) is 0.613. The van der Waals surface area contributed by atoms with Gasteiger partial charge in [-0.15, -0.1) is 0 Å². The zero-order chi connectivity index (χ0) is 27.0. The van der Waals surface area contributed by atoms with Crippen LogP contribution in [0.25, 0.3) is 6.08 Å². The van der Waals surface area contributed by atoms with E-state index in [1.807, 2.05) is 24.3 Å². The first-order valence-corrected chi connectivity index (χ1v) is 14.7. The second kappa shape index (κ2) is 11.4. The van der Waals surface area contributed by atoms with Gasteiger partial charge in [0, 0.05) is 11.6 Å². The van der Waals surface area contributed by atoms with Crippen molar-refractivity contribution in [1.82, 2.24) is 4.90 Å². The summed E-state index contributed by atoms with van der Waals surface area (Å²) >= 11 is 0. The molecule has 0 spiro atoms. The van der Waals surface area contributed by atoms with Crippen LogP contribution in [0.5, 0.6) is 5.75 Å². The van der Waals surface area contributed by atoms with Crippen LogP contribution in [0.2, 0.25) is 6.32 Å². The van der Waals surface area contributed by atoms with Crippen molar-refractivity contribution in [3.63, 3.8) is 0 Å². The average molecular weight is 519 g/mol. The molecule has 4 atom stereocenters. The van der Waals surface area contributed by atoms with Crippen molar-refractivity contribution in [3.05, 3.63) is 46.5 Å². The molecular formula is C31H42BNO5. The molecule has 2 saturated heterocycles. The van der Waals surface area contributed by atoms with Crippen molar-refractivity contribution >= 4 is 25.0 Å². The van der Waals surface area contributed by atoms with E-state index in [2.05, 4.69) is 20.8 Å². The van der Waals surface area contributed by atoms with Gasteiger partial charge in [0.05, 0.1) is 17.9 Å². The number of nitrogens with zero attached hydrogens (tertiary/aromatic N) is 1. The van der Waals surface area contributed by atoms with E-state index in [-0.39, 0.29) is 53.4 Å². The van der Waals surface area contributed by atoms with Gasteiger partial charge in [0.15, 0.2) is 0 Å². The highest BCUT2D eigenvalue weighted by Gasteiger charge is 2.58. The fourth-order valence-corrected chi connectivity index (χ4v) is 7.47. The van der Waals surface area contributed by atoms with Crippen LogP contribution in [0, 0.1) is 23.7 Å². The molecule has 2 aliphatic heterocycles. The molecule has 1 saturated carbocycles. The lowest BCUT2D eigenvalue weighted by Gasteiger charge is -2.44. The Morgan fingerprint density at radius 1 is 1.13 bits per heavy atom. The molecule has 0 bridgehead atoms. The molecule has 1 aromatic carbocycles. The maximum absolute atomic E-state index is 13.9. The van der Waals surface area contributed by atoms with Gasteiger partial charge in [-0.1, -0.05) is 75.5 Å². The summed E-state index contributed by atoms with van der Waals surface area (Å²) in [5.74, 6) is -0.350. The van der Waals surface area contributed by atoms with Crippen LogP contribution in [0.1, 0.15) is 84.1 Å². The molecule has 2 aliphatic carbocycles. The third-order valence-corrected chi connectivity index (χ3v) is 9.39. The van der Waals surface area contributed by atoms with E-state index in [1.165, 1.54) is 17.6 Å². The molecular weight excluding hydrogens is 477 g/mol. The Hall–Kier alpha value is -2.38. The highest BCUT2D eigenvalue weighted by atomic mass is 16.5. The van der Waals surface area contributed by atoms with E-state index in [0.717, 1.165) is 49.7 Å². The van der Waals surface area contributed by atoms with Gasteiger partial charge in [-0.2, -0.15) is 0 Å². The highest BCUT2D eigenvalue weighted by molar-refractivity contribution is 6.43. The minimum absolute atomic E-state index is 0.0144. The van der Waals surface area contributed by atoms with Gasteiger partial charge >= 0.3 is 7.12 Å². The van der Waals surface area contributed by atoms with Crippen molar-refractivity contribution in [1.29, 1.82) is 0 Å². The third-order valence-electron chi connectivity index (χ3n) is 9.39. The number of hydrogen-bond donors (Lipinski definition) is 2. The number of benzene rings is 1. The second-order valence-corrected chi connectivity index (χ2v) is 12.0. The molecule has 204 valence electrons. The number of likely N-dealkylation sites (tertiary alicyclic amines) is 1. The Morgan fingerprint density at radius 3 is 2.55 bits per heavy atom. The normalized spacial score (nSPS) is 28.8. The number of rotatable bonds is 7. The molecule has 2 amide bonds. The average Bonchev–Trinajstić information content (AvgIpc) is 3.16. The van der Waals surface area contributed by atoms with E-state index < -0.39 is 7.12 Å². The first-order chi connectivity index (χ1) is 18.3. The lowest BCUT2D eigenvalue weighted by Crippen LogP contribution is -2.47. The topological polar surface area (TPSA) is 87.1 Å². The summed E-state index contributed by atoms with van der Waals surface area (Å²) in [5.41, 5.74) is 4.40. The van der Waals surface area contributed by atoms with Crippen molar-refractivity contribution in [2.24, 2.45) is 23.7 Å². The summed E-state index contributed by atoms with van der Waals surface area (Å²) in [6.45, 7) is 6.44. The molecule has 6 nitrogen and oxygen atoms in total. The summed E-state index contributed by atoms with van der Waals surface area (Å²) in [5, 5.41) is 21.1. The SMILES string of the molecule is CC/C(=C\c1ccccc1O)CC[C@H]1OB(O)C[C@H]2C1=C(C(C)C)C[C@H]1C(=O)N(C3CCCCC3)C(=O)[C@H]12. The Kier molecular flexibility index (Phi) is 8.15. The van der Waals surface area contributed by atoms with Gasteiger partial charge in [-0.3, -0.25) is 14.5 Å². The van der Waals surface area contributed by atoms with Crippen LogP contribution in [0.4, 0.5) is 0 Å². The molecule has 5 rings (SSSR count). The van der Waals surface area contributed by atoms with Crippen molar-refractivity contribution < 1.29 is 24.4 Å². The molecule has 3 fully saturated rings. The number of phenolic OH excluding ortho intramolecular Hbond substituents is 1. The quantitative estimate of drug-likeness (QED) is 0.272. The molecule has 0 radical (unpaired) electrons. The summed E-state index contributed by atoms with van der Waals surface area (Å²) < 4.78 is 6.17. The van der Waals surface area contributed by atoms with Crippen LogP contribution < -0.4 is 0 Å². The van der Waals surface area contributed by atoms with E-state index in [0.29, 0.717) is 19.2 Å². The number of phenols is 1. The molecule has 38 heavy (non-hydrogen) atoms. The van der Waals surface area contributed by atoms with E-state index in [9.17, 15) is 19.7 Å². The number of imide groups is 1. The van der Waals surface area contributed by atoms with Gasteiger partial charge < -0.3 is 14.8 Å². The number of carbonyl (C=O) groups excluding carboxylic acids is 2. The van der Waals surface area contributed by atoms with Crippen molar-refractivity contribution in [2.45, 2.75) is 97.0 Å². The molecule has 7 heteroatoms. The zero-order valence-corrected chi connectivity index (χ0v) is 23.1. The Labute approximate surface area is 227 Å². The van der Waals surface area contributed by atoms with Crippen LogP contribution >= 0.6 is 0 Å². The van der Waals surface area contributed by atoms with Gasteiger partial charge in [0.25, 0.3) is 0 Å². The van der Waals surface area contributed by atoms with E-state index >= 15 is 0 Å². The third kappa shape index (κ3) is 5.12. The predicted octanol–water partition coefficient (Wildman–Crippen LogP) is 5.75. The minimum atomic E-state index is -0.945. The number of para-hydroxylation sites is 1. The standard InChI is InChI=1S/C31H42BNO5/c1-4-20(16-21-10-8-9-13-26(21)34)14-15-27-28-23(19(2)3)17-24-29(25(28)18-32(37)38-27)31(36)33(30(24)35)22-11-6-5-7-12-22/h8-10,13,16,19,22,24-25,27,29,34,37H,4-7,11-12,14-15,17-18H2,1-3H3/b20-16+/t24-,25+,27-,29-/m1/s1. The highest BCUT2D eigenvalue weighted by Crippen LogP contribution is 2.52. The Balaban J connectivity index is 1.42. The zero-order valence-electron chi connectivity index (χ0n) is 23.1. The number of aromatic hydroxyl groups is 1. The number of carbonyl (C=O) groups is 2.